The normalized spacial score (nSPS) is 20.8. The maximum absolute atomic E-state index is 4.54. The number of rotatable bonds is 3. The van der Waals surface area contributed by atoms with Gasteiger partial charge in [-0.2, -0.15) is 4.98 Å². The summed E-state index contributed by atoms with van der Waals surface area (Å²) >= 11 is 0. The first kappa shape index (κ1) is 12.4. The van der Waals surface area contributed by atoms with Crippen molar-refractivity contribution in [1.82, 2.24) is 19.5 Å². The van der Waals surface area contributed by atoms with E-state index in [9.17, 15) is 0 Å². The Kier molecular flexibility index (Phi) is 3.38. The highest BCUT2D eigenvalue weighted by Gasteiger charge is 2.18. The van der Waals surface area contributed by atoms with Gasteiger partial charge in [-0.1, -0.05) is 12.5 Å². The van der Waals surface area contributed by atoms with Crippen molar-refractivity contribution in [2.24, 2.45) is 0 Å². The smallest absolute Gasteiger partial charge is 0.243 e. The van der Waals surface area contributed by atoms with E-state index < -0.39 is 0 Å². The lowest BCUT2D eigenvalue weighted by molar-refractivity contribution is 0.194. The molecule has 0 radical (unpaired) electrons. The van der Waals surface area contributed by atoms with Crippen LogP contribution in [-0.2, 0) is 0 Å². The molecule has 2 aromatic heterocycles. The first-order valence-corrected chi connectivity index (χ1v) is 7.00. The van der Waals surface area contributed by atoms with Crippen molar-refractivity contribution in [3.8, 4) is 0 Å². The number of aryl methyl sites for hydroxylation is 1. The van der Waals surface area contributed by atoms with Gasteiger partial charge in [-0.3, -0.25) is 0 Å². The summed E-state index contributed by atoms with van der Waals surface area (Å²) < 4.78 is 1.84. The highest BCUT2D eigenvalue weighted by atomic mass is 15.3. The molecule has 0 aliphatic carbocycles. The minimum Gasteiger partial charge on any atom is -0.351 e. The molecular formula is C14H21N5. The average Bonchev–Trinajstić information content (AvgIpc) is 2.82. The van der Waals surface area contributed by atoms with Gasteiger partial charge < -0.3 is 10.2 Å². The zero-order valence-corrected chi connectivity index (χ0v) is 11.6. The van der Waals surface area contributed by atoms with Gasteiger partial charge in [-0.05, 0) is 45.0 Å². The summed E-state index contributed by atoms with van der Waals surface area (Å²) in [6.07, 6.45) is 5.84. The molecule has 3 heterocycles. The fourth-order valence-electron chi connectivity index (χ4n) is 2.73. The third kappa shape index (κ3) is 2.56. The summed E-state index contributed by atoms with van der Waals surface area (Å²) in [6.45, 7) is 4.18. The predicted octanol–water partition coefficient (Wildman–Crippen LogP) is 1.93. The van der Waals surface area contributed by atoms with Crippen LogP contribution in [0.4, 0.5) is 5.95 Å². The minimum absolute atomic E-state index is 0.599. The summed E-state index contributed by atoms with van der Waals surface area (Å²) in [5, 5.41) is 7.84. The summed E-state index contributed by atoms with van der Waals surface area (Å²) in [7, 11) is 2.20. The van der Waals surface area contributed by atoms with Gasteiger partial charge in [0.1, 0.15) is 0 Å². The number of aromatic nitrogens is 3. The van der Waals surface area contributed by atoms with Crippen molar-refractivity contribution in [1.29, 1.82) is 0 Å². The van der Waals surface area contributed by atoms with Crippen LogP contribution in [0.5, 0.6) is 0 Å². The molecule has 19 heavy (non-hydrogen) atoms. The van der Waals surface area contributed by atoms with E-state index in [1.165, 1.54) is 25.8 Å². The predicted molar refractivity (Wildman–Crippen MR) is 76.5 cm³/mol. The Morgan fingerprint density at radius 3 is 3.11 bits per heavy atom. The van der Waals surface area contributed by atoms with E-state index in [0.29, 0.717) is 6.04 Å². The number of nitrogens with one attached hydrogen (secondary N) is 1. The van der Waals surface area contributed by atoms with Crippen molar-refractivity contribution in [3.63, 3.8) is 0 Å². The van der Waals surface area contributed by atoms with Crippen LogP contribution < -0.4 is 5.32 Å². The molecular weight excluding hydrogens is 238 g/mol. The van der Waals surface area contributed by atoms with Crippen molar-refractivity contribution in [3.05, 3.63) is 23.9 Å². The molecule has 0 amide bonds. The summed E-state index contributed by atoms with van der Waals surface area (Å²) in [5.74, 6) is 0.730. The second-order valence-corrected chi connectivity index (χ2v) is 5.41. The Hall–Kier alpha value is -1.62. The fraction of sp³-hybridized carbons (Fsp3) is 0.571. The van der Waals surface area contributed by atoms with Gasteiger partial charge in [0, 0.05) is 18.8 Å². The molecule has 1 fully saturated rings. The maximum atomic E-state index is 4.54. The highest BCUT2D eigenvalue weighted by Crippen LogP contribution is 2.16. The van der Waals surface area contributed by atoms with Crippen molar-refractivity contribution < 1.29 is 0 Å². The molecule has 1 unspecified atom stereocenters. The highest BCUT2D eigenvalue weighted by molar-refractivity contribution is 5.49. The van der Waals surface area contributed by atoms with Crippen molar-refractivity contribution in [2.75, 3.05) is 25.5 Å². The largest absolute Gasteiger partial charge is 0.351 e. The van der Waals surface area contributed by atoms with E-state index >= 15 is 0 Å². The van der Waals surface area contributed by atoms with Crippen molar-refractivity contribution in [2.45, 2.75) is 32.2 Å². The first-order chi connectivity index (χ1) is 9.24. The van der Waals surface area contributed by atoms with Crippen LogP contribution >= 0.6 is 0 Å². The monoisotopic (exact) mass is 259 g/mol. The fourth-order valence-corrected chi connectivity index (χ4v) is 2.73. The number of anilines is 1. The zero-order valence-electron chi connectivity index (χ0n) is 11.6. The van der Waals surface area contributed by atoms with E-state index in [0.717, 1.165) is 23.7 Å². The topological polar surface area (TPSA) is 45.5 Å². The molecule has 1 N–H and O–H groups in total. The average molecular weight is 259 g/mol. The molecule has 1 aliphatic rings. The van der Waals surface area contributed by atoms with Gasteiger partial charge in [-0.25, -0.2) is 4.52 Å². The van der Waals surface area contributed by atoms with Gasteiger partial charge in [0.2, 0.25) is 5.95 Å². The van der Waals surface area contributed by atoms with Crippen LogP contribution in [0, 0.1) is 6.92 Å². The molecule has 1 atom stereocenters. The number of nitrogens with zero attached hydrogens (tertiary/aromatic N) is 4. The number of hydrogen-bond acceptors (Lipinski definition) is 4. The second-order valence-electron chi connectivity index (χ2n) is 5.41. The summed E-state index contributed by atoms with van der Waals surface area (Å²) in [4.78, 5) is 6.97. The molecule has 0 bridgehead atoms. The lowest BCUT2D eigenvalue weighted by Gasteiger charge is -2.32. The Morgan fingerprint density at radius 1 is 1.42 bits per heavy atom. The minimum atomic E-state index is 0.599. The molecule has 102 valence electrons. The van der Waals surface area contributed by atoms with Crippen LogP contribution in [0.3, 0.4) is 0 Å². The van der Waals surface area contributed by atoms with E-state index in [2.05, 4.69) is 40.3 Å². The molecule has 2 aromatic rings. The standard InChI is InChI=1S/C14H21N5/c1-11-6-5-9-19-13(11)16-14(17-19)15-10-12-7-3-4-8-18(12)2/h5-6,9,12H,3-4,7-8,10H2,1-2H3,(H,15,17). The number of hydrogen-bond donors (Lipinski definition) is 1. The number of likely N-dealkylation sites (tertiary alicyclic amines) is 1. The van der Waals surface area contributed by atoms with Gasteiger partial charge >= 0.3 is 0 Å². The van der Waals surface area contributed by atoms with E-state index in [1.54, 1.807) is 0 Å². The van der Waals surface area contributed by atoms with Crippen LogP contribution in [0.1, 0.15) is 24.8 Å². The SMILES string of the molecule is Cc1cccn2nc(NCC3CCCCN3C)nc12. The van der Waals surface area contributed by atoms with E-state index in [4.69, 9.17) is 0 Å². The summed E-state index contributed by atoms with van der Waals surface area (Å²) in [6, 6.07) is 4.65. The molecule has 5 heteroatoms. The number of piperidine rings is 1. The Morgan fingerprint density at radius 2 is 2.32 bits per heavy atom. The Labute approximate surface area is 113 Å². The molecule has 3 rings (SSSR count). The Bertz CT molecular complexity index is 562. The van der Waals surface area contributed by atoms with Gasteiger partial charge in [-0.15, -0.1) is 5.10 Å². The number of fused-ring (bicyclic) bond motifs is 1. The lowest BCUT2D eigenvalue weighted by Crippen LogP contribution is -2.40. The maximum Gasteiger partial charge on any atom is 0.243 e. The van der Waals surface area contributed by atoms with Crippen LogP contribution in [0.15, 0.2) is 18.3 Å². The van der Waals surface area contributed by atoms with Gasteiger partial charge in [0.25, 0.3) is 0 Å². The lowest BCUT2D eigenvalue weighted by atomic mass is 10.0. The van der Waals surface area contributed by atoms with Crippen LogP contribution in [0.25, 0.3) is 5.65 Å². The first-order valence-electron chi connectivity index (χ1n) is 7.00. The quantitative estimate of drug-likeness (QED) is 0.915. The molecule has 0 aromatic carbocycles. The second kappa shape index (κ2) is 5.17. The van der Waals surface area contributed by atoms with E-state index in [-0.39, 0.29) is 0 Å². The zero-order chi connectivity index (χ0) is 13.2. The molecule has 0 saturated carbocycles. The van der Waals surface area contributed by atoms with E-state index in [1.807, 2.05) is 16.8 Å². The third-order valence-corrected chi connectivity index (χ3v) is 3.97. The van der Waals surface area contributed by atoms with Gasteiger partial charge in [0.15, 0.2) is 5.65 Å². The van der Waals surface area contributed by atoms with Crippen molar-refractivity contribution >= 4 is 11.6 Å². The molecule has 1 aliphatic heterocycles. The number of likely N-dealkylation sites (N-methyl/N-ethyl adjacent to an activating group) is 1. The molecule has 1 saturated heterocycles. The van der Waals surface area contributed by atoms with Crippen LogP contribution in [0.2, 0.25) is 0 Å². The summed E-state index contributed by atoms with van der Waals surface area (Å²) in [5.41, 5.74) is 2.08. The Balaban J connectivity index is 1.69. The molecule has 5 nitrogen and oxygen atoms in total. The third-order valence-electron chi connectivity index (χ3n) is 3.97. The van der Waals surface area contributed by atoms with Gasteiger partial charge in [0.05, 0.1) is 0 Å². The van der Waals surface area contributed by atoms with Crippen LogP contribution in [-0.4, -0.2) is 45.7 Å². The number of pyridine rings is 1. The molecule has 0 spiro atoms.